The monoisotopic (exact) mass is 352 g/mol. The van der Waals surface area contributed by atoms with Gasteiger partial charge in [0.2, 0.25) is 0 Å². The zero-order valence-corrected chi connectivity index (χ0v) is 11.6. The van der Waals surface area contributed by atoms with Gasteiger partial charge in [-0.1, -0.05) is 6.08 Å². The summed E-state index contributed by atoms with van der Waals surface area (Å²) in [6.07, 6.45) is 5.67. The van der Waals surface area contributed by atoms with Crippen LogP contribution in [0, 0.1) is 0 Å². The van der Waals surface area contributed by atoms with E-state index in [1.54, 1.807) is 6.08 Å². The predicted molar refractivity (Wildman–Crippen MR) is 48.3 cm³/mol. The molecule has 69 valence electrons. The third-order valence-corrected chi connectivity index (χ3v) is 3.08. The Hall–Kier alpha value is 0.605. The van der Waals surface area contributed by atoms with Gasteiger partial charge in [0.25, 0.3) is 0 Å². The van der Waals surface area contributed by atoms with Crippen LogP contribution in [0.2, 0.25) is 0 Å². The van der Waals surface area contributed by atoms with Crippen LogP contribution in [-0.2, 0) is 24.6 Å². The van der Waals surface area contributed by atoms with Crippen LogP contribution >= 0.6 is 0 Å². The molecule has 0 amide bonds. The Morgan fingerprint density at radius 2 is 2.18 bits per heavy atom. The summed E-state index contributed by atoms with van der Waals surface area (Å²) in [5.41, 5.74) is 0. The average molecular weight is 352 g/mol. The van der Waals surface area contributed by atoms with Gasteiger partial charge in [0.1, 0.15) is 0 Å². The quantitative estimate of drug-likeness (QED) is 0.466. The normalized spacial score (nSPS) is 30.5. The van der Waals surface area contributed by atoms with Gasteiger partial charge in [0, 0.05) is 0 Å². The molecule has 0 aromatic rings. The zero-order valence-electron chi connectivity index (χ0n) is 7.34. The van der Waals surface area contributed by atoms with Gasteiger partial charge in [-0.25, -0.2) is 0 Å². The zero-order chi connectivity index (χ0) is 8.74. The van der Waals surface area contributed by atoms with Crippen molar-refractivity contribution < 1.29 is 24.6 Å². The molecule has 0 aromatic carbocycles. The molecule has 1 fully saturated rings. The first-order valence-corrected chi connectivity index (χ1v) is 6.13. The Balaban J connectivity index is 0.000000292. The fourth-order valence-electron chi connectivity index (χ4n) is 0.883. The van der Waals surface area contributed by atoms with Crippen LogP contribution in [0.15, 0.2) is 12.7 Å². The maximum absolute atomic E-state index is 5.51. The molecule has 0 N–H and O–H groups in total. The molecule has 1 rings (SSSR count). The summed E-state index contributed by atoms with van der Waals surface area (Å²) in [7, 11) is 1.18. The molecule has 1 saturated heterocycles. The van der Waals surface area contributed by atoms with E-state index in [2.05, 4.69) is 26.4 Å². The van der Waals surface area contributed by atoms with E-state index in [9.17, 15) is 0 Å². The Bertz CT molecular complexity index is 107. The summed E-state index contributed by atoms with van der Waals surface area (Å²) in [4.78, 5) is 0. The van der Waals surface area contributed by atoms with Gasteiger partial charge in [0.05, 0.1) is 0 Å². The molecule has 0 bridgehead atoms. The third-order valence-electron chi connectivity index (χ3n) is 1.40. The second-order valence-electron chi connectivity index (χ2n) is 2.75. The first kappa shape index (κ1) is 11.6. The topological polar surface area (TPSA) is 9.23 Å². The number of allylic oxidation sites excluding steroid dienone is 1. The summed E-state index contributed by atoms with van der Waals surface area (Å²) < 4.78 is 5.80. The summed E-state index contributed by atoms with van der Waals surface area (Å²) >= 11 is 2.41. The molecule has 1 aliphatic rings. The number of rotatable bonds is 0. The minimum atomic E-state index is 0.290. The van der Waals surface area contributed by atoms with Gasteiger partial charge in [-0.05, 0) is 6.92 Å². The molecule has 1 atom stereocenters. The van der Waals surface area contributed by atoms with Crippen molar-refractivity contribution in [2.75, 3.05) is 6.61 Å². The van der Waals surface area contributed by atoms with E-state index in [1.807, 2.05) is 6.92 Å². The van der Waals surface area contributed by atoms with Crippen LogP contribution in [0.4, 0.5) is 0 Å². The first-order valence-electron chi connectivity index (χ1n) is 3.99. The molecule has 0 aromatic heterocycles. The van der Waals surface area contributed by atoms with Crippen LogP contribution in [0.25, 0.3) is 0 Å². The molecule has 11 heavy (non-hydrogen) atoms. The van der Waals surface area contributed by atoms with Gasteiger partial charge >= 0.3 is 64.3 Å². The number of hydrogen-bond donors (Lipinski definition) is 0. The molecule has 3 heteroatoms. The molecule has 0 spiro atoms. The fraction of sp³-hybridized carbons (Fsp3) is 0.750. The summed E-state index contributed by atoms with van der Waals surface area (Å²) in [6.45, 7) is 6.24. The van der Waals surface area contributed by atoms with Crippen molar-refractivity contribution in [2.24, 2.45) is 0 Å². The Morgan fingerprint density at radius 3 is 2.36 bits per heavy atom. The first-order chi connectivity index (χ1) is 5.12. The van der Waals surface area contributed by atoms with Crippen molar-refractivity contribution >= 4 is 10.2 Å². The predicted octanol–water partition coefficient (Wildman–Crippen LogP) is 0.945. The second-order valence-corrected chi connectivity index (χ2v) is 8.86. The SMILES string of the molecule is C=CC.[SiH3][C]1([Pt])CCCCO1. The van der Waals surface area contributed by atoms with Crippen LogP contribution in [0.1, 0.15) is 26.2 Å². The molecular formula is C8H17OPtSi. The van der Waals surface area contributed by atoms with E-state index in [-0.39, 0.29) is 3.61 Å². The Morgan fingerprint density at radius 1 is 1.64 bits per heavy atom. The van der Waals surface area contributed by atoms with E-state index in [1.165, 1.54) is 29.5 Å². The van der Waals surface area contributed by atoms with Gasteiger partial charge in [0.15, 0.2) is 0 Å². The van der Waals surface area contributed by atoms with Crippen molar-refractivity contribution in [3.8, 4) is 0 Å². The third kappa shape index (κ3) is 6.98. The maximum atomic E-state index is 5.51. The Kier molecular flexibility index (Phi) is 6.50. The van der Waals surface area contributed by atoms with Gasteiger partial charge in [-0.2, -0.15) is 0 Å². The van der Waals surface area contributed by atoms with Crippen molar-refractivity contribution in [2.45, 2.75) is 29.8 Å². The minimum absolute atomic E-state index is 0.290. The van der Waals surface area contributed by atoms with E-state index in [4.69, 9.17) is 4.74 Å². The van der Waals surface area contributed by atoms with Crippen molar-refractivity contribution in [3.63, 3.8) is 0 Å². The van der Waals surface area contributed by atoms with E-state index < -0.39 is 0 Å². The van der Waals surface area contributed by atoms with Gasteiger partial charge in [-0.15, -0.1) is 6.58 Å². The van der Waals surface area contributed by atoms with E-state index in [0.29, 0.717) is 0 Å². The van der Waals surface area contributed by atoms with E-state index >= 15 is 0 Å². The second kappa shape index (κ2) is 6.16. The van der Waals surface area contributed by atoms with Crippen molar-refractivity contribution in [3.05, 3.63) is 12.7 Å². The molecule has 0 saturated carbocycles. The molecule has 0 aliphatic carbocycles. The molecular weight excluding hydrogens is 335 g/mol. The van der Waals surface area contributed by atoms with Gasteiger partial charge < -0.3 is 0 Å². The molecule has 1 unspecified atom stereocenters. The van der Waals surface area contributed by atoms with Crippen molar-refractivity contribution in [1.82, 2.24) is 0 Å². The summed E-state index contributed by atoms with van der Waals surface area (Å²) in [6, 6.07) is 0. The van der Waals surface area contributed by atoms with Crippen LogP contribution in [-0.4, -0.2) is 20.5 Å². The summed E-state index contributed by atoms with van der Waals surface area (Å²) in [5, 5.41) is 0. The molecule has 1 aliphatic heterocycles. The van der Waals surface area contributed by atoms with Crippen LogP contribution < -0.4 is 0 Å². The van der Waals surface area contributed by atoms with Crippen LogP contribution in [0.3, 0.4) is 0 Å². The number of hydrogen-bond acceptors (Lipinski definition) is 1. The molecule has 1 nitrogen and oxygen atoms in total. The molecule has 1 heterocycles. The van der Waals surface area contributed by atoms with E-state index in [0.717, 1.165) is 6.61 Å². The van der Waals surface area contributed by atoms with Crippen molar-refractivity contribution in [1.29, 1.82) is 0 Å². The summed E-state index contributed by atoms with van der Waals surface area (Å²) in [5.74, 6) is 0. The van der Waals surface area contributed by atoms with Crippen LogP contribution in [0.5, 0.6) is 0 Å². The average Bonchev–Trinajstić information content (AvgIpc) is 1.88. The van der Waals surface area contributed by atoms with Gasteiger partial charge in [-0.3, -0.25) is 0 Å². The fourth-order valence-corrected chi connectivity index (χ4v) is 2.07. The standard InChI is InChI=1S/C5H11OSi.C3H6.Pt/c7-5-3-1-2-4-6-5;1-3-2;/h1-4H2,7H3;3H,1H2,2H3;. The molecule has 0 radical (unpaired) electrons. The number of ether oxygens (including phenoxy) is 1. The Labute approximate surface area is 83.9 Å².